The summed E-state index contributed by atoms with van der Waals surface area (Å²) in [6.07, 6.45) is -4.79. The van der Waals surface area contributed by atoms with Crippen LogP contribution in [0, 0.1) is 5.41 Å². The molecule has 1 aromatic rings. The molecule has 0 amide bonds. The zero-order valence-electron chi connectivity index (χ0n) is 10.8. The van der Waals surface area contributed by atoms with Gasteiger partial charge in [-0.05, 0) is 19.1 Å². The molecule has 1 aromatic carbocycles. The number of nitrogens with one attached hydrogen (secondary N) is 1. The predicted octanol–water partition coefficient (Wildman–Crippen LogP) is 1.65. The van der Waals surface area contributed by atoms with Gasteiger partial charge in [-0.2, -0.15) is 17.5 Å². The minimum Gasteiger partial charge on any atom is -0.386 e. The summed E-state index contributed by atoms with van der Waals surface area (Å²) >= 11 is 0. The molecule has 1 atom stereocenters. The van der Waals surface area contributed by atoms with Gasteiger partial charge in [0.2, 0.25) is 10.0 Å². The number of nitrogens with two attached hydrogens (primary N) is 1. The average Bonchev–Trinajstić information content (AvgIpc) is 2.35. The van der Waals surface area contributed by atoms with E-state index in [0.717, 1.165) is 19.2 Å². The molecule has 1 rings (SSSR count). The summed E-state index contributed by atoms with van der Waals surface area (Å²) in [5.74, 6) is -0.458. The summed E-state index contributed by atoms with van der Waals surface area (Å²) in [6, 6.07) is 2.84. The molecule has 0 aliphatic heterocycles. The van der Waals surface area contributed by atoms with E-state index < -0.39 is 38.5 Å². The zero-order chi connectivity index (χ0) is 15.7. The highest BCUT2D eigenvalue weighted by atomic mass is 32.2. The molecule has 3 N–H and O–H groups in total. The lowest BCUT2D eigenvalue weighted by molar-refractivity contribution is -0.139. The van der Waals surface area contributed by atoms with Crippen molar-refractivity contribution in [3.8, 4) is 0 Å². The molecular formula is C11H14F3N3O2S. The fourth-order valence-electron chi connectivity index (χ4n) is 1.48. The molecule has 0 aliphatic rings. The van der Waals surface area contributed by atoms with E-state index >= 15 is 0 Å². The Bertz CT molecular complexity index is 614. The van der Waals surface area contributed by atoms with Crippen LogP contribution in [0.25, 0.3) is 0 Å². The molecule has 9 heteroatoms. The van der Waals surface area contributed by atoms with E-state index in [1.807, 2.05) is 0 Å². The van der Waals surface area contributed by atoms with Crippen LogP contribution in [0.3, 0.4) is 0 Å². The number of sulfonamides is 1. The second kappa shape index (κ2) is 5.41. The Hall–Kier alpha value is -1.61. The molecule has 0 saturated heterocycles. The number of benzene rings is 1. The van der Waals surface area contributed by atoms with Crippen LogP contribution in [0.15, 0.2) is 29.2 Å². The van der Waals surface area contributed by atoms with E-state index in [2.05, 4.69) is 0 Å². The van der Waals surface area contributed by atoms with Crippen LogP contribution in [0.1, 0.15) is 12.5 Å². The Kier molecular flexibility index (Phi) is 4.45. The van der Waals surface area contributed by atoms with Crippen molar-refractivity contribution in [3.63, 3.8) is 0 Å². The minimum atomic E-state index is -4.79. The maximum absolute atomic E-state index is 12.9. The molecule has 1 unspecified atom stereocenters. The molecule has 5 nitrogen and oxygen atoms in total. The maximum atomic E-state index is 12.9. The van der Waals surface area contributed by atoms with Gasteiger partial charge in [-0.1, -0.05) is 12.1 Å². The second-order valence-electron chi connectivity index (χ2n) is 4.15. The smallest absolute Gasteiger partial charge is 0.386 e. The van der Waals surface area contributed by atoms with Crippen molar-refractivity contribution < 1.29 is 21.6 Å². The molecule has 0 fully saturated rings. The van der Waals surface area contributed by atoms with E-state index in [4.69, 9.17) is 11.1 Å². The van der Waals surface area contributed by atoms with E-state index in [0.29, 0.717) is 10.4 Å². The van der Waals surface area contributed by atoms with Crippen LogP contribution in [0.4, 0.5) is 13.2 Å². The Labute approximate surface area is 114 Å². The largest absolute Gasteiger partial charge is 0.417 e. The summed E-state index contributed by atoms with van der Waals surface area (Å²) in [5.41, 5.74) is 3.94. The number of amidine groups is 1. The molecule has 0 saturated carbocycles. The number of hydrogen-bond donors (Lipinski definition) is 2. The summed E-state index contributed by atoms with van der Waals surface area (Å²) in [6.45, 7) is 1.32. The topological polar surface area (TPSA) is 87.2 Å². The minimum absolute atomic E-state index is 0.458. The van der Waals surface area contributed by atoms with Crippen molar-refractivity contribution in [1.29, 1.82) is 5.41 Å². The highest BCUT2D eigenvalue weighted by Crippen LogP contribution is 2.35. The Morgan fingerprint density at radius 2 is 1.85 bits per heavy atom. The molecule has 20 heavy (non-hydrogen) atoms. The first kappa shape index (κ1) is 16.4. The Morgan fingerprint density at radius 3 is 2.30 bits per heavy atom. The number of hydrogen-bond acceptors (Lipinski definition) is 3. The molecule has 0 bridgehead atoms. The van der Waals surface area contributed by atoms with Crippen molar-refractivity contribution in [2.45, 2.75) is 24.0 Å². The lowest BCUT2D eigenvalue weighted by Gasteiger charge is -2.24. The lowest BCUT2D eigenvalue weighted by atomic mass is 10.2. The summed E-state index contributed by atoms with van der Waals surface area (Å²) in [7, 11) is -3.33. The molecule has 0 heterocycles. The highest BCUT2D eigenvalue weighted by molar-refractivity contribution is 7.89. The predicted molar refractivity (Wildman–Crippen MR) is 67.8 cm³/mol. The zero-order valence-corrected chi connectivity index (χ0v) is 11.6. The Balaban J connectivity index is 3.41. The fraction of sp³-hybridized carbons (Fsp3) is 0.364. The van der Waals surface area contributed by atoms with Crippen LogP contribution in [-0.4, -0.2) is 31.6 Å². The number of likely N-dealkylation sites (N-methyl/N-ethyl adjacent to an activating group) is 1. The van der Waals surface area contributed by atoms with Gasteiger partial charge in [0.15, 0.2) is 0 Å². The summed E-state index contributed by atoms with van der Waals surface area (Å²) in [4.78, 5) is -0.858. The van der Waals surface area contributed by atoms with Crippen molar-refractivity contribution in [2.75, 3.05) is 7.05 Å². The second-order valence-corrected chi connectivity index (χ2v) is 6.11. The van der Waals surface area contributed by atoms with E-state index in [1.165, 1.54) is 13.0 Å². The molecule has 0 spiro atoms. The van der Waals surface area contributed by atoms with E-state index in [-0.39, 0.29) is 0 Å². The third-order valence-corrected chi connectivity index (χ3v) is 4.83. The summed E-state index contributed by atoms with van der Waals surface area (Å²) in [5, 5.41) is 7.20. The van der Waals surface area contributed by atoms with Gasteiger partial charge in [-0.3, -0.25) is 5.41 Å². The number of halogens is 3. The first-order chi connectivity index (χ1) is 8.99. The van der Waals surface area contributed by atoms with Gasteiger partial charge in [-0.15, -0.1) is 0 Å². The third kappa shape index (κ3) is 3.10. The standard InChI is InChI=1S/C11H14F3N3O2S/c1-7(10(15)16)17(2)20(18,19)9-6-4-3-5-8(9)11(12,13)14/h3-7H,1-2H3,(H3,15,16). The van der Waals surface area contributed by atoms with Crippen LogP contribution >= 0.6 is 0 Å². The SMILES string of the molecule is CC(C(=N)N)N(C)S(=O)(=O)c1ccccc1C(F)(F)F. The Morgan fingerprint density at radius 1 is 1.35 bits per heavy atom. The maximum Gasteiger partial charge on any atom is 0.417 e. The molecule has 112 valence electrons. The number of nitrogens with zero attached hydrogens (tertiary/aromatic N) is 1. The van der Waals surface area contributed by atoms with Crippen LogP contribution in [-0.2, 0) is 16.2 Å². The third-order valence-electron chi connectivity index (χ3n) is 2.84. The van der Waals surface area contributed by atoms with Gasteiger partial charge in [0, 0.05) is 7.05 Å². The van der Waals surface area contributed by atoms with Gasteiger partial charge in [0.25, 0.3) is 0 Å². The van der Waals surface area contributed by atoms with Gasteiger partial charge in [0.1, 0.15) is 5.84 Å². The number of alkyl halides is 3. The quantitative estimate of drug-likeness (QED) is 0.655. The van der Waals surface area contributed by atoms with Crippen LogP contribution in [0.2, 0.25) is 0 Å². The van der Waals surface area contributed by atoms with Gasteiger partial charge in [0.05, 0.1) is 16.5 Å². The van der Waals surface area contributed by atoms with E-state index in [9.17, 15) is 21.6 Å². The van der Waals surface area contributed by atoms with Gasteiger partial charge < -0.3 is 5.73 Å². The van der Waals surface area contributed by atoms with Crippen molar-refractivity contribution >= 4 is 15.9 Å². The van der Waals surface area contributed by atoms with Gasteiger partial charge >= 0.3 is 6.18 Å². The van der Waals surface area contributed by atoms with Crippen molar-refractivity contribution in [3.05, 3.63) is 29.8 Å². The first-order valence-corrected chi connectivity index (χ1v) is 6.91. The van der Waals surface area contributed by atoms with Crippen LogP contribution in [0.5, 0.6) is 0 Å². The molecule has 0 aromatic heterocycles. The van der Waals surface area contributed by atoms with E-state index in [1.54, 1.807) is 0 Å². The highest BCUT2D eigenvalue weighted by Gasteiger charge is 2.39. The van der Waals surface area contributed by atoms with Crippen molar-refractivity contribution in [2.24, 2.45) is 5.73 Å². The molecular weight excluding hydrogens is 295 g/mol. The summed E-state index contributed by atoms with van der Waals surface area (Å²) < 4.78 is 63.6. The van der Waals surface area contributed by atoms with Crippen LogP contribution < -0.4 is 5.73 Å². The molecule has 0 aliphatic carbocycles. The monoisotopic (exact) mass is 309 g/mol. The fourth-order valence-corrected chi connectivity index (χ4v) is 3.04. The number of rotatable bonds is 4. The normalized spacial score (nSPS) is 14.3. The average molecular weight is 309 g/mol. The van der Waals surface area contributed by atoms with Gasteiger partial charge in [-0.25, -0.2) is 8.42 Å². The molecule has 0 radical (unpaired) electrons. The van der Waals surface area contributed by atoms with Crippen molar-refractivity contribution in [1.82, 2.24) is 4.31 Å². The lowest BCUT2D eigenvalue weighted by Crippen LogP contribution is -2.43. The first-order valence-electron chi connectivity index (χ1n) is 5.47.